The quantitative estimate of drug-likeness (QED) is 0.716. The van der Waals surface area contributed by atoms with Crippen molar-refractivity contribution in [2.24, 2.45) is 11.8 Å². The molecule has 2 aliphatic carbocycles. The Labute approximate surface area is 106 Å². The maximum Gasteiger partial charge on any atom is 0.335 e. The summed E-state index contributed by atoms with van der Waals surface area (Å²) in [5.41, 5.74) is 7.55. The first-order chi connectivity index (χ1) is 8.63. The van der Waals surface area contributed by atoms with Gasteiger partial charge in [0.25, 0.3) is 0 Å². The van der Waals surface area contributed by atoms with Gasteiger partial charge in [0.05, 0.1) is 16.9 Å². The Morgan fingerprint density at radius 1 is 1.33 bits per heavy atom. The molecule has 1 aromatic rings. The van der Waals surface area contributed by atoms with Gasteiger partial charge in [0.1, 0.15) is 0 Å². The van der Waals surface area contributed by atoms with Crippen molar-refractivity contribution in [2.45, 2.75) is 31.7 Å². The summed E-state index contributed by atoms with van der Waals surface area (Å²) in [5, 5.41) is 12.4. The number of carboxylic acids is 1. The molecular formula is C14H18N2O2. The van der Waals surface area contributed by atoms with E-state index in [2.05, 4.69) is 5.32 Å². The fourth-order valence-corrected chi connectivity index (χ4v) is 3.45. The van der Waals surface area contributed by atoms with Crippen LogP contribution < -0.4 is 11.1 Å². The van der Waals surface area contributed by atoms with Gasteiger partial charge in [-0.25, -0.2) is 4.79 Å². The van der Waals surface area contributed by atoms with Crippen LogP contribution in [0, 0.1) is 11.8 Å². The van der Waals surface area contributed by atoms with Crippen LogP contribution in [0.2, 0.25) is 0 Å². The van der Waals surface area contributed by atoms with E-state index in [-0.39, 0.29) is 5.56 Å². The van der Waals surface area contributed by atoms with Crippen LogP contribution in [0.25, 0.3) is 0 Å². The molecule has 3 unspecified atom stereocenters. The molecule has 4 N–H and O–H groups in total. The number of anilines is 2. The molecule has 96 valence electrons. The van der Waals surface area contributed by atoms with Crippen LogP contribution in [0.15, 0.2) is 18.2 Å². The Bertz CT molecular complexity index is 487. The van der Waals surface area contributed by atoms with Crippen LogP contribution in [0.1, 0.15) is 36.0 Å². The zero-order valence-corrected chi connectivity index (χ0v) is 10.2. The summed E-state index contributed by atoms with van der Waals surface area (Å²) >= 11 is 0. The molecule has 0 amide bonds. The summed E-state index contributed by atoms with van der Waals surface area (Å²) < 4.78 is 0. The van der Waals surface area contributed by atoms with Crippen molar-refractivity contribution in [3.8, 4) is 0 Å². The van der Waals surface area contributed by atoms with E-state index in [9.17, 15) is 4.79 Å². The molecule has 0 aliphatic heterocycles. The highest BCUT2D eigenvalue weighted by atomic mass is 16.4. The van der Waals surface area contributed by atoms with Gasteiger partial charge in [-0.15, -0.1) is 0 Å². The maximum absolute atomic E-state index is 10.8. The van der Waals surface area contributed by atoms with Crippen molar-refractivity contribution in [1.82, 2.24) is 0 Å². The number of rotatable bonds is 3. The van der Waals surface area contributed by atoms with E-state index < -0.39 is 5.97 Å². The lowest BCUT2D eigenvalue weighted by atomic mass is 9.95. The molecule has 0 saturated heterocycles. The van der Waals surface area contributed by atoms with Gasteiger partial charge < -0.3 is 16.2 Å². The van der Waals surface area contributed by atoms with E-state index in [0.29, 0.717) is 11.7 Å². The third kappa shape index (κ3) is 1.92. The van der Waals surface area contributed by atoms with E-state index in [4.69, 9.17) is 10.8 Å². The summed E-state index contributed by atoms with van der Waals surface area (Å²) in [7, 11) is 0. The lowest BCUT2D eigenvalue weighted by Crippen LogP contribution is -2.26. The third-order valence-corrected chi connectivity index (χ3v) is 4.38. The largest absolute Gasteiger partial charge is 0.478 e. The van der Waals surface area contributed by atoms with Crippen molar-refractivity contribution < 1.29 is 9.90 Å². The Balaban J connectivity index is 1.75. The van der Waals surface area contributed by atoms with Gasteiger partial charge in [-0.05, 0) is 49.3 Å². The highest BCUT2D eigenvalue weighted by Crippen LogP contribution is 2.45. The molecule has 2 bridgehead atoms. The maximum atomic E-state index is 10.8. The molecule has 3 rings (SSSR count). The van der Waals surface area contributed by atoms with Gasteiger partial charge in [0, 0.05) is 6.04 Å². The molecular weight excluding hydrogens is 228 g/mol. The first kappa shape index (κ1) is 11.4. The fraction of sp³-hybridized carbons (Fsp3) is 0.500. The lowest BCUT2D eigenvalue weighted by Gasteiger charge is -2.24. The lowest BCUT2D eigenvalue weighted by molar-refractivity contribution is 0.0697. The van der Waals surface area contributed by atoms with Crippen molar-refractivity contribution in [3.63, 3.8) is 0 Å². The van der Waals surface area contributed by atoms with Gasteiger partial charge >= 0.3 is 5.97 Å². The second kappa shape index (κ2) is 4.19. The first-order valence-electron chi connectivity index (χ1n) is 6.53. The molecule has 2 saturated carbocycles. The van der Waals surface area contributed by atoms with Crippen LogP contribution in [-0.2, 0) is 0 Å². The minimum absolute atomic E-state index is 0.242. The predicted molar refractivity (Wildman–Crippen MR) is 70.7 cm³/mol. The number of fused-ring (bicyclic) bond motifs is 2. The molecule has 2 aliphatic rings. The summed E-state index contributed by atoms with van der Waals surface area (Å²) in [5.74, 6) is 0.716. The summed E-state index contributed by atoms with van der Waals surface area (Å²) in [6.07, 6.45) is 5.25. The molecule has 0 radical (unpaired) electrons. The summed E-state index contributed by atoms with van der Waals surface area (Å²) in [6, 6.07) is 5.43. The van der Waals surface area contributed by atoms with E-state index in [0.717, 1.165) is 17.5 Å². The Hall–Kier alpha value is -1.71. The SMILES string of the molecule is Nc1cc(C(=O)O)ccc1NC1CC2CCC1C2. The highest BCUT2D eigenvalue weighted by molar-refractivity contribution is 5.90. The van der Waals surface area contributed by atoms with Gasteiger partial charge in [0.15, 0.2) is 0 Å². The molecule has 2 fully saturated rings. The topological polar surface area (TPSA) is 75.4 Å². The minimum Gasteiger partial charge on any atom is -0.478 e. The average molecular weight is 246 g/mol. The second-order valence-electron chi connectivity index (χ2n) is 5.53. The molecule has 18 heavy (non-hydrogen) atoms. The zero-order chi connectivity index (χ0) is 12.7. The van der Waals surface area contributed by atoms with Gasteiger partial charge in [-0.2, -0.15) is 0 Å². The number of benzene rings is 1. The molecule has 0 heterocycles. The zero-order valence-electron chi connectivity index (χ0n) is 10.2. The van der Waals surface area contributed by atoms with Crippen molar-refractivity contribution >= 4 is 17.3 Å². The normalized spacial score (nSPS) is 29.4. The molecule has 4 heteroatoms. The monoisotopic (exact) mass is 246 g/mol. The summed E-state index contributed by atoms with van der Waals surface area (Å²) in [6.45, 7) is 0. The average Bonchev–Trinajstić information content (AvgIpc) is 2.93. The van der Waals surface area contributed by atoms with Gasteiger partial charge in [-0.1, -0.05) is 6.42 Å². The standard InChI is InChI=1S/C14H18N2O2/c15-11-7-10(14(17)18)3-4-12(11)16-13-6-8-1-2-9(13)5-8/h3-4,7-9,13,16H,1-2,5-6,15H2,(H,17,18). The number of carboxylic acid groups (broad SMARTS) is 1. The van der Waals surface area contributed by atoms with Crippen LogP contribution in [0.5, 0.6) is 0 Å². The Morgan fingerprint density at radius 3 is 2.72 bits per heavy atom. The van der Waals surface area contributed by atoms with Crippen LogP contribution in [-0.4, -0.2) is 17.1 Å². The Kier molecular flexibility index (Phi) is 2.65. The number of nitrogen functional groups attached to an aromatic ring is 1. The second-order valence-corrected chi connectivity index (χ2v) is 5.53. The highest BCUT2D eigenvalue weighted by Gasteiger charge is 2.39. The third-order valence-electron chi connectivity index (χ3n) is 4.38. The number of carbonyl (C=O) groups is 1. The fourth-order valence-electron chi connectivity index (χ4n) is 3.45. The van der Waals surface area contributed by atoms with Crippen LogP contribution >= 0.6 is 0 Å². The predicted octanol–water partition coefficient (Wildman–Crippen LogP) is 2.57. The number of aromatic carboxylic acids is 1. The first-order valence-corrected chi connectivity index (χ1v) is 6.53. The van der Waals surface area contributed by atoms with Crippen LogP contribution in [0.4, 0.5) is 11.4 Å². The molecule has 0 spiro atoms. The van der Waals surface area contributed by atoms with Crippen LogP contribution in [0.3, 0.4) is 0 Å². The Morgan fingerprint density at radius 2 is 2.17 bits per heavy atom. The minimum atomic E-state index is -0.937. The molecule has 3 atom stereocenters. The van der Waals surface area contributed by atoms with E-state index in [1.807, 2.05) is 0 Å². The molecule has 0 aromatic heterocycles. The van der Waals surface area contributed by atoms with E-state index in [1.165, 1.54) is 31.7 Å². The van der Waals surface area contributed by atoms with Gasteiger partial charge in [-0.3, -0.25) is 0 Å². The van der Waals surface area contributed by atoms with Crippen molar-refractivity contribution in [2.75, 3.05) is 11.1 Å². The smallest absolute Gasteiger partial charge is 0.335 e. The van der Waals surface area contributed by atoms with Gasteiger partial charge in [0.2, 0.25) is 0 Å². The molecule has 4 nitrogen and oxygen atoms in total. The molecule has 1 aromatic carbocycles. The number of hydrogen-bond acceptors (Lipinski definition) is 3. The van der Waals surface area contributed by atoms with Crippen molar-refractivity contribution in [1.29, 1.82) is 0 Å². The summed E-state index contributed by atoms with van der Waals surface area (Å²) in [4.78, 5) is 10.8. The number of nitrogens with one attached hydrogen (secondary N) is 1. The van der Waals surface area contributed by atoms with E-state index in [1.54, 1.807) is 12.1 Å². The number of nitrogens with two attached hydrogens (primary N) is 1. The van der Waals surface area contributed by atoms with Crippen molar-refractivity contribution in [3.05, 3.63) is 23.8 Å². The number of hydrogen-bond donors (Lipinski definition) is 3. The van der Waals surface area contributed by atoms with E-state index >= 15 is 0 Å².